The number of likely N-dealkylation sites (N-methyl/N-ethyl adjacent to an activating group) is 1. The normalized spacial score (nSPS) is 26.6. The molecule has 0 aromatic carbocycles. The molecule has 2 rings (SSSR count). The fourth-order valence-electron chi connectivity index (χ4n) is 3.06. The highest BCUT2D eigenvalue weighted by molar-refractivity contribution is 5.76. The summed E-state index contributed by atoms with van der Waals surface area (Å²) < 4.78 is 5.55. The van der Waals surface area contributed by atoms with Gasteiger partial charge in [-0.2, -0.15) is 0 Å². The summed E-state index contributed by atoms with van der Waals surface area (Å²) in [6.07, 6.45) is 4.96. The molecule has 0 saturated carbocycles. The van der Waals surface area contributed by atoms with Crippen molar-refractivity contribution in [2.75, 3.05) is 26.7 Å². The Kier molecular flexibility index (Phi) is 5.23. The number of carbonyl (C=O) groups is 2. The number of urea groups is 1. The number of hydrogen-bond acceptors (Lipinski definition) is 3. The topological polar surface area (TPSA) is 70.1 Å². The molecule has 2 heterocycles. The molecule has 0 aliphatic carbocycles. The van der Waals surface area contributed by atoms with Crippen molar-refractivity contribution < 1.29 is 19.4 Å². The molecular weight excluding hydrogens is 260 g/mol. The molecule has 0 radical (unpaired) electrons. The number of piperidine rings is 1. The number of carbonyl (C=O) groups excluding carboxylic acids is 1. The first-order valence-electron chi connectivity index (χ1n) is 7.43. The van der Waals surface area contributed by atoms with E-state index in [4.69, 9.17) is 9.84 Å². The third-order valence-electron chi connectivity index (χ3n) is 4.11. The minimum absolute atomic E-state index is 0.0412. The van der Waals surface area contributed by atoms with Crippen molar-refractivity contribution in [3.05, 3.63) is 0 Å². The van der Waals surface area contributed by atoms with Crippen LogP contribution in [0, 0.1) is 0 Å². The van der Waals surface area contributed by atoms with Crippen molar-refractivity contribution in [2.24, 2.45) is 0 Å². The van der Waals surface area contributed by atoms with Gasteiger partial charge in [0.15, 0.2) is 0 Å². The monoisotopic (exact) mass is 284 g/mol. The van der Waals surface area contributed by atoms with Crippen molar-refractivity contribution in [3.8, 4) is 0 Å². The van der Waals surface area contributed by atoms with Gasteiger partial charge in [-0.3, -0.25) is 4.79 Å². The molecule has 0 spiro atoms. The van der Waals surface area contributed by atoms with Crippen LogP contribution in [0.25, 0.3) is 0 Å². The van der Waals surface area contributed by atoms with Gasteiger partial charge < -0.3 is 19.6 Å². The van der Waals surface area contributed by atoms with E-state index in [2.05, 4.69) is 0 Å². The molecule has 2 aliphatic heterocycles. The summed E-state index contributed by atoms with van der Waals surface area (Å²) in [4.78, 5) is 26.8. The molecule has 20 heavy (non-hydrogen) atoms. The van der Waals surface area contributed by atoms with Gasteiger partial charge in [0.1, 0.15) is 0 Å². The maximum Gasteiger partial charge on any atom is 0.320 e. The van der Waals surface area contributed by atoms with Crippen LogP contribution in [0.4, 0.5) is 4.79 Å². The maximum absolute atomic E-state index is 12.5. The summed E-state index contributed by atoms with van der Waals surface area (Å²) in [5, 5.41) is 8.96. The van der Waals surface area contributed by atoms with Crippen LogP contribution in [0.3, 0.4) is 0 Å². The number of amides is 2. The van der Waals surface area contributed by atoms with Crippen molar-refractivity contribution in [1.82, 2.24) is 9.80 Å². The lowest BCUT2D eigenvalue weighted by Gasteiger charge is -2.38. The van der Waals surface area contributed by atoms with E-state index in [1.807, 2.05) is 0 Å². The molecule has 2 saturated heterocycles. The Morgan fingerprint density at radius 3 is 2.75 bits per heavy atom. The van der Waals surface area contributed by atoms with Crippen LogP contribution in [-0.2, 0) is 9.53 Å². The predicted molar refractivity (Wildman–Crippen MR) is 73.6 cm³/mol. The standard InChI is InChI=1S/C14H24N2O4/c1-15(10-12-6-4-8-20-12)14(19)16-7-3-2-5-11(16)9-13(17)18/h11-12H,2-10H2,1H3,(H,17,18). The van der Waals surface area contributed by atoms with Gasteiger partial charge in [-0.15, -0.1) is 0 Å². The zero-order valence-electron chi connectivity index (χ0n) is 12.1. The Hall–Kier alpha value is -1.30. The fraction of sp³-hybridized carbons (Fsp3) is 0.857. The zero-order chi connectivity index (χ0) is 14.5. The lowest BCUT2D eigenvalue weighted by molar-refractivity contribution is -0.138. The van der Waals surface area contributed by atoms with E-state index in [1.54, 1.807) is 16.8 Å². The van der Waals surface area contributed by atoms with Crippen LogP contribution < -0.4 is 0 Å². The highest BCUT2D eigenvalue weighted by Crippen LogP contribution is 2.22. The van der Waals surface area contributed by atoms with Gasteiger partial charge in [0.05, 0.1) is 12.5 Å². The van der Waals surface area contributed by atoms with Gasteiger partial charge in [0, 0.05) is 32.8 Å². The SMILES string of the molecule is CN(CC1CCCO1)C(=O)N1CCCCC1CC(=O)O. The Labute approximate surface area is 119 Å². The smallest absolute Gasteiger partial charge is 0.320 e. The second kappa shape index (κ2) is 6.92. The van der Waals surface area contributed by atoms with E-state index in [0.29, 0.717) is 13.1 Å². The summed E-state index contributed by atoms with van der Waals surface area (Å²) in [6.45, 7) is 2.03. The fourth-order valence-corrected chi connectivity index (χ4v) is 3.06. The average molecular weight is 284 g/mol. The van der Waals surface area contributed by atoms with E-state index >= 15 is 0 Å². The molecule has 1 N–H and O–H groups in total. The first-order valence-corrected chi connectivity index (χ1v) is 7.43. The molecule has 6 nitrogen and oxygen atoms in total. The second-order valence-electron chi connectivity index (χ2n) is 5.74. The Morgan fingerprint density at radius 1 is 1.30 bits per heavy atom. The summed E-state index contributed by atoms with van der Waals surface area (Å²) in [6, 6.07) is -0.229. The number of nitrogens with zero attached hydrogens (tertiary/aromatic N) is 2. The number of ether oxygens (including phenoxy) is 1. The highest BCUT2D eigenvalue weighted by atomic mass is 16.5. The predicted octanol–water partition coefficient (Wildman–Crippen LogP) is 1.55. The van der Waals surface area contributed by atoms with E-state index < -0.39 is 5.97 Å². The molecule has 2 amide bonds. The zero-order valence-corrected chi connectivity index (χ0v) is 12.1. The van der Waals surface area contributed by atoms with Gasteiger partial charge in [0.25, 0.3) is 0 Å². The molecule has 2 atom stereocenters. The van der Waals surface area contributed by atoms with Gasteiger partial charge in [-0.05, 0) is 32.1 Å². The molecule has 2 aliphatic rings. The maximum atomic E-state index is 12.5. The molecule has 6 heteroatoms. The Morgan fingerprint density at radius 2 is 2.10 bits per heavy atom. The number of likely N-dealkylation sites (tertiary alicyclic amines) is 1. The lowest BCUT2D eigenvalue weighted by atomic mass is 10.00. The van der Waals surface area contributed by atoms with Crippen LogP contribution in [0.15, 0.2) is 0 Å². The quantitative estimate of drug-likeness (QED) is 0.850. The van der Waals surface area contributed by atoms with Crippen LogP contribution in [0.1, 0.15) is 38.5 Å². The van der Waals surface area contributed by atoms with Crippen molar-refractivity contribution in [1.29, 1.82) is 0 Å². The van der Waals surface area contributed by atoms with E-state index in [1.165, 1.54) is 0 Å². The molecule has 2 unspecified atom stereocenters. The minimum atomic E-state index is -0.837. The minimum Gasteiger partial charge on any atom is -0.481 e. The number of hydrogen-bond donors (Lipinski definition) is 1. The number of aliphatic carboxylic acids is 1. The molecule has 2 fully saturated rings. The summed E-state index contributed by atoms with van der Waals surface area (Å²) in [5.41, 5.74) is 0. The Bertz CT molecular complexity index is 355. The molecule has 114 valence electrons. The number of carboxylic acid groups (broad SMARTS) is 1. The molecule has 0 aromatic heterocycles. The van der Waals surface area contributed by atoms with E-state index in [-0.39, 0.29) is 24.6 Å². The van der Waals surface area contributed by atoms with Crippen LogP contribution in [0.2, 0.25) is 0 Å². The Balaban J connectivity index is 1.91. The summed E-state index contributed by atoms with van der Waals surface area (Å²) in [5.74, 6) is -0.837. The largest absolute Gasteiger partial charge is 0.481 e. The van der Waals surface area contributed by atoms with Crippen molar-refractivity contribution >= 4 is 12.0 Å². The average Bonchev–Trinajstić information content (AvgIpc) is 2.90. The van der Waals surface area contributed by atoms with Crippen molar-refractivity contribution in [2.45, 2.75) is 50.7 Å². The summed E-state index contributed by atoms with van der Waals surface area (Å²) >= 11 is 0. The number of carboxylic acids is 1. The lowest BCUT2D eigenvalue weighted by Crippen LogP contribution is -2.51. The number of rotatable bonds is 4. The van der Waals surface area contributed by atoms with Crippen molar-refractivity contribution in [3.63, 3.8) is 0 Å². The summed E-state index contributed by atoms with van der Waals surface area (Å²) in [7, 11) is 1.77. The van der Waals surface area contributed by atoms with Crippen LogP contribution in [-0.4, -0.2) is 65.8 Å². The second-order valence-corrected chi connectivity index (χ2v) is 5.74. The van der Waals surface area contributed by atoms with Gasteiger partial charge in [0.2, 0.25) is 0 Å². The van der Waals surface area contributed by atoms with Gasteiger partial charge in [-0.25, -0.2) is 4.79 Å². The third-order valence-corrected chi connectivity index (χ3v) is 4.11. The van der Waals surface area contributed by atoms with Crippen LogP contribution >= 0.6 is 0 Å². The molecule has 0 bridgehead atoms. The van der Waals surface area contributed by atoms with Gasteiger partial charge in [-0.1, -0.05) is 0 Å². The van der Waals surface area contributed by atoms with Crippen LogP contribution in [0.5, 0.6) is 0 Å². The molecule has 0 aromatic rings. The first-order chi connectivity index (χ1) is 9.58. The third kappa shape index (κ3) is 3.85. The highest BCUT2D eigenvalue weighted by Gasteiger charge is 2.31. The van der Waals surface area contributed by atoms with Gasteiger partial charge >= 0.3 is 12.0 Å². The first kappa shape index (κ1) is 15.1. The van der Waals surface area contributed by atoms with E-state index in [0.717, 1.165) is 38.7 Å². The van der Waals surface area contributed by atoms with E-state index in [9.17, 15) is 9.59 Å². The molecular formula is C14H24N2O4.